The third-order valence-electron chi connectivity index (χ3n) is 2.60. The Labute approximate surface area is 88.7 Å². The zero-order chi connectivity index (χ0) is 10.9. The van der Waals surface area contributed by atoms with Gasteiger partial charge in [-0.2, -0.15) is 0 Å². The summed E-state index contributed by atoms with van der Waals surface area (Å²) < 4.78 is 4.61. The Morgan fingerprint density at radius 2 is 2.33 bits per heavy atom. The molecule has 1 aromatic heterocycles. The van der Waals surface area contributed by atoms with Gasteiger partial charge in [0.1, 0.15) is 5.69 Å². The van der Waals surface area contributed by atoms with Crippen molar-refractivity contribution in [2.45, 2.75) is 25.3 Å². The van der Waals surface area contributed by atoms with E-state index in [1.165, 1.54) is 20.0 Å². The summed E-state index contributed by atoms with van der Waals surface area (Å²) in [5.74, 6) is -0.403. The van der Waals surface area contributed by atoms with E-state index in [9.17, 15) is 4.79 Å². The average Bonchev–Trinajstić information content (AvgIpc) is 2.95. The first-order valence-corrected chi connectivity index (χ1v) is 4.95. The molecule has 1 fully saturated rings. The maximum Gasteiger partial charge on any atom is 0.356 e. The van der Waals surface area contributed by atoms with Gasteiger partial charge in [-0.25, -0.2) is 9.78 Å². The van der Waals surface area contributed by atoms with Crippen molar-refractivity contribution in [2.75, 3.05) is 12.4 Å². The Morgan fingerprint density at radius 3 is 2.93 bits per heavy atom. The fourth-order valence-corrected chi connectivity index (χ4v) is 1.39. The van der Waals surface area contributed by atoms with Crippen LogP contribution < -0.4 is 5.32 Å². The molecule has 1 N–H and O–H groups in total. The number of aromatic nitrogens is 1. The van der Waals surface area contributed by atoms with Crippen LogP contribution in [0.2, 0.25) is 0 Å². The van der Waals surface area contributed by atoms with Crippen molar-refractivity contribution in [1.29, 1.82) is 0 Å². The summed E-state index contributed by atoms with van der Waals surface area (Å²) in [5.41, 5.74) is 1.46. The smallest absolute Gasteiger partial charge is 0.356 e. The number of anilines is 1. The summed E-state index contributed by atoms with van der Waals surface area (Å²) >= 11 is 0. The molecule has 1 aliphatic carbocycles. The van der Waals surface area contributed by atoms with Gasteiger partial charge in [-0.3, -0.25) is 0 Å². The highest BCUT2D eigenvalue weighted by atomic mass is 16.5. The third kappa shape index (κ3) is 2.26. The first kappa shape index (κ1) is 9.96. The highest BCUT2D eigenvalue weighted by Crippen LogP contribution is 2.37. The molecule has 1 aromatic rings. The molecule has 0 aromatic carbocycles. The van der Waals surface area contributed by atoms with Crippen LogP contribution >= 0.6 is 0 Å². The van der Waals surface area contributed by atoms with Crippen LogP contribution in [0.3, 0.4) is 0 Å². The second kappa shape index (κ2) is 3.53. The van der Waals surface area contributed by atoms with Crippen molar-refractivity contribution in [1.82, 2.24) is 4.98 Å². The van der Waals surface area contributed by atoms with Gasteiger partial charge in [-0.1, -0.05) is 0 Å². The van der Waals surface area contributed by atoms with Crippen molar-refractivity contribution in [2.24, 2.45) is 0 Å². The molecule has 0 amide bonds. The van der Waals surface area contributed by atoms with Crippen LogP contribution in [0, 0.1) is 0 Å². The summed E-state index contributed by atoms with van der Waals surface area (Å²) in [4.78, 5) is 15.2. The Hall–Kier alpha value is -1.58. The van der Waals surface area contributed by atoms with Crippen molar-refractivity contribution < 1.29 is 9.53 Å². The van der Waals surface area contributed by atoms with Crippen LogP contribution in [0.25, 0.3) is 0 Å². The molecule has 80 valence electrons. The van der Waals surface area contributed by atoms with Gasteiger partial charge in [0, 0.05) is 17.4 Å². The number of rotatable bonds is 3. The number of methoxy groups -OCH3 is 1. The highest BCUT2D eigenvalue weighted by Gasteiger charge is 2.37. The SMILES string of the molecule is COC(=O)c1cc(NC2(C)CC2)ccn1. The lowest BCUT2D eigenvalue weighted by atomic mass is 10.2. The molecule has 0 radical (unpaired) electrons. The number of pyridine rings is 1. The van der Waals surface area contributed by atoms with E-state index in [1.807, 2.05) is 6.07 Å². The Morgan fingerprint density at radius 1 is 1.60 bits per heavy atom. The van der Waals surface area contributed by atoms with E-state index >= 15 is 0 Å². The number of carbonyl (C=O) groups excluding carboxylic acids is 1. The van der Waals surface area contributed by atoms with Crippen molar-refractivity contribution in [3.8, 4) is 0 Å². The minimum Gasteiger partial charge on any atom is -0.464 e. The lowest BCUT2D eigenvalue weighted by Gasteiger charge is -2.13. The van der Waals surface area contributed by atoms with Crippen LogP contribution in [0.15, 0.2) is 18.3 Å². The van der Waals surface area contributed by atoms with E-state index in [-0.39, 0.29) is 5.54 Å². The van der Waals surface area contributed by atoms with Gasteiger partial charge in [0.05, 0.1) is 7.11 Å². The minimum absolute atomic E-state index is 0.203. The number of esters is 1. The summed E-state index contributed by atoms with van der Waals surface area (Å²) in [7, 11) is 1.35. The number of carbonyl (C=O) groups is 1. The van der Waals surface area contributed by atoms with E-state index in [1.54, 1.807) is 12.3 Å². The highest BCUT2D eigenvalue weighted by molar-refractivity contribution is 5.88. The van der Waals surface area contributed by atoms with E-state index in [4.69, 9.17) is 0 Å². The molecule has 0 saturated heterocycles. The second-order valence-corrected chi connectivity index (χ2v) is 4.11. The van der Waals surface area contributed by atoms with Crippen LogP contribution in [0.4, 0.5) is 5.69 Å². The number of hydrogen-bond donors (Lipinski definition) is 1. The monoisotopic (exact) mass is 206 g/mol. The summed E-state index contributed by atoms with van der Waals surface area (Å²) in [6.45, 7) is 2.16. The molecular formula is C11H14N2O2. The van der Waals surface area contributed by atoms with Gasteiger partial charge in [0.15, 0.2) is 0 Å². The summed E-state index contributed by atoms with van der Waals surface area (Å²) in [6, 6.07) is 3.57. The fourth-order valence-electron chi connectivity index (χ4n) is 1.39. The normalized spacial score (nSPS) is 16.9. The molecule has 0 spiro atoms. The van der Waals surface area contributed by atoms with Crippen molar-refractivity contribution >= 4 is 11.7 Å². The third-order valence-corrected chi connectivity index (χ3v) is 2.60. The Balaban J connectivity index is 2.15. The molecule has 15 heavy (non-hydrogen) atoms. The maximum absolute atomic E-state index is 11.2. The summed E-state index contributed by atoms with van der Waals surface area (Å²) in [6.07, 6.45) is 3.95. The summed E-state index contributed by atoms with van der Waals surface area (Å²) in [5, 5.41) is 3.36. The van der Waals surface area contributed by atoms with Gasteiger partial charge in [-0.05, 0) is 31.9 Å². The Bertz CT molecular complexity index is 386. The number of nitrogens with one attached hydrogen (secondary N) is 1. The molecular weight excluding hydrogens is 192 g/mol. The zero-order valence-corrected chi connectivity index (χ0v) is 8.91. The van der Waals surface area contributed by atoms with Crippen molar-refractivity contribution in [3.05, 3.63) is 24.0 Å². The van der Waals surface area contributed by atoms with E-state index < -0.39 is 5.97 Å². The van der Waals surface area contributed by atoms with Crippen LogP contribution in [-0.2, 0) is 4.74 Å². The Kier molecular flexibility index (Phi) is 2.34. The maximum atomic E-state index is 11.2. The van der Waals surface area contributed by atoms with E-state index in [0.29, 0.717) is 5.69 Å². The molecule has 1 aliphatic rings. The van der Waals surface area contributed by atoms with E-state index in [0.717, 1.165) is 5.69 Å². The zero-order valence-electron chi connectivity index (χ0n) is 8.91. The van der Waals surface area contributed by atoms with Gasteiger partial charge in [-0.15, -0.1) is 0 Å². The van der Waals surface area contributed by atoms with Gasteiger partial charge < -0.3 is 10.1 Å². The van der Waals surface area contributed by atoms with Crippen LogP contribution in [0.1, 0.15) is 30.3 Å². The van der Waals surface area contributed by atoms with Crippen molar-refractivity contribution in [3.63, 3.8) is 0 Å². The predicted octanol–water partition coefficient (Wildman–Crippen LogP) is 1.83. The standard InChI is InChI=1S/C11H14N2O2/c1-11(4-5-11)13-8-3-6-12-9(7-8)10(14)15-2/h3,6-7H,4-5H2,1-2H3,(H,12,13). The quantitative estimate of drug-likeness (QED) is 0.766. The van der Waals surface area contributed by atoms with E-state index in [2.05, 4.69) is 22.0 Å². The molecule has 0 unspecified atom stereocenters. The first-order chi connectivity index (χ1) is 7.13. The lowest BCUT2D eigenvalue weighted by Crippen LogP contribution is -2.16. The molecule has 0 atom stereocenters. The van der Waals surface area contributed by atoms with Crippen LogP contribution in [-0.4, -0.2) is 23.6 Å². The molecule has 1 saturated carbocycles. The van der Waals surface area contributed by atoms with Gasteiger partial charge in [0.2, 0.25) is 0 Å². The van der Waals surface area contributed by atoms with Gasteiger partial charge in [0.25, 0.3) is 0 Å². The predicted molar refractivity (Wildman–Crippen MR) is 56.8 cm³/mol. The molecule has 4 nitrogen and oxygen atoms in total. The van der Waals surface area contributed by atoms with Crippen LogP contribution in [0.5, 0.6) is 0 Å². The average molecular weight is 206 g/mol. The minimum atomic E-state index is -0.403. The number of ether oxygens (including phenoxy) is 1. The molecule has 0 aliphatic heterocycles. The first-order valence-electron chi connectivity index (χ1n) is 4.95. The molecule has 0 bridgehead atoms. The second-order valence-electron chi connectivity index (χ2n) is 4.11. The lowest BCUT2D eigenvalue weighted by molar-refractivity contribution is 0.0594. The molecule has 4 heteroatoms. The topological polar surface area (TPSA) is 51.2 Å². The largest absolute Gasteiger partial charge is 0.464 e. The fraction of sp³-hybridized carbons (Fsp3) is 0.455. The number of hydrogen-bond acceptors (Lipinski definition) is 4. The van der Waals surface area contributed by atoms with Gasteiger partial charge >= 0.3 is 5.97 Å². The number of nitrogens with zero attached hydrogens (tertiary/aromatic N) is 1. The molecule has 1 heterocycles. The molecule has 2 rings (SSSR count).